The predicted octanol–water partition coefficient (Wildman–Crippen LogP) is 6.15. The molecule has 0 amide bonds. The Labute approximate surface area is 200 Å². The first-order valence-electron chi connectivity index (χ1n) is 10.9. The zero-order valence-corrected chi connectivity index (χ0v) is 19.1. The van der Waals surface area contributed by atoms with E-state index in [0.29, 0.717) is 47.2 Å². The number of benzene rings is 3. The summed E-state index contributed by atoms with van der Waals surface area (Å²) in [5.41, 5.74) is 0.383. The summed E-state index contributed by atoms with van der Waals surface area (Å²) in [6.07, 6.45) is 2.03. The third kappa shape index (κ3) is 5.66. The summed E-state index contributed by atoms with van der Waals surface area (Å²) in [5.74, 6) is -0.882. The maximum atomic E-state index is 14.0. The third-order valence-corrected chi connectivity index (χ3v) is 5.27. The maximum absolute atomic E-state index is 14.0. The van der Waals surface area contributed by atoms with Crippen molar-refractivity contribution >= 4 is 5.97 Å². The number of rotatable bonds is 9. The van der Waals surface area contributed by atoms with E-state index in [4.69, 9.17) is 19.0 Å². The molecule has 0 saturated heterocycles. The molecule has 0 atom stereocenters. The van der Waals surface area contributed by atoms with E-state index in [2.05, 4.69) is 4.98 Å². The Hall–Kier alpha value is -4.20. The Morgan fingerprint density at radius 3 is 2.17 bits per heavy atom. The highest BCUT2D eigenvalue weighted by atomic mass is 19.1. The van der Waals surface area contributed by atoms with Gasteiger partial charge in [0.05, 0.1) is 17.9 Å². The van der Waals surface area contributed by atoms with Gasteiger partial charge in [0.15, 0.2) is 5.60 Å². The van der Waals surface area contributed by atoms with Gasteiger partial charge < -0.3 is 19.0 Å². The van der Waals surface area contributed by atoms with E-state index in [0.717, 1.165) is 0 Å². The molecule has 0 aliphatic heterocycles. The van der Waals surface area contributed by atoms with Gasteiger partial charge in [0.25, 0.3) is 0 Å². The van der Waals surface area contributed by atoms with Crippen molar-refractivity contribution in [1.29, 1.82) is 0 Å². The molecule has 0 radical (unpaired) electrons. The van der Waals surface area contributed by atoms with Crippen molar-refractivity contribution in [1.82, 2.24) is 4.98 Å². The Bertz CT molecular complexity index is 1290. The standard InChI is InChI=1S/C27H23F2NO5/c1-27(2,26(31)32)35-21-12-10-20(11-13-21)33-15-14-19-16-34-25(30-19)18-8-6-17(7-9-18)24-22(28)4-3-5-23(24)29/h3-13,16H,14-15H2,1-2H3,(H,31,32). The average Bonchev–Trinajstić information content (AvgIpc) is 3.29. The first-order valence-corrected chi connectivity index (χ1v) is 10.9. The fraction of sp³-hybridized carbons (Fsp3) is 0.185. The minimum absolute atomic E-state index is 0.0746. The maximum Gasteiger partial charge on any atom is 0.347 e. The van der Waals surface area contributed by atoms with Crippen molar-refractivity contribution < 1.29 is 32.6 Å². The summed E-state index contributed by atoms with van der Waals surface area (Å²) in [4.78, 5) is 15.6. The van der Waals surface area contributed by atoms with Crippen molar-refractivity contribution in [2.75, 3.05) is 6.61 Å². The van der Waals surface area contributed by atoms with Crippen LogP contribution in [0.4, 0.5) is 8.78 Å². The smallest absolute Gasteiger partial charge is 0.347 e. The molecule has 4 aromatic rings. The van der Waals surface area contributed by atoms with Gasteiger partial charge in [-0.2, -0.15) is 0 Å². The van der Waals surface area contributed by atoms with E-state index >= 15 is 0 Å². The van der Waals surface area contributed by atoms with E-state index in [1.165, 1.54) is 38.3 Å². The number of carboxylic acid groups (broad SMARTS) is 1. The second-order valence-electron chi connectivity index (χ2n) is 8.31. The Morgan fingerprint density at radius 2 is 1.54 bits per heavy atom. The highest BCUT2D eigenvalue weighted by Gasteiger charge is 2.29. The number of carboxylic acids is 1. The largest absolute Gasteiger partial charge is 0.493 e. The summed E-state index contributed by atoms with van der Waals surface area (Å²) in [6, 6.07) is 17.1. The zero-order valence-electron chi connectivity index (χ0n) is 19.1. The van der Waals surface area contributed by atoms with Crippen LogP contribution in [0.5, 0.6) is 11.5 Å². The van der Waals surface area contributed by atoms with Crippen LogP contribution in [0.1, 0.15) is 19.5 Å². The van der Waals surface area contributed by atoms with E-state index in [9.17, 15) is 13.6 Å². The van der Waals surface area contributed by atoms with E-state index in [-0.39, 0.29) is 5.56 Å². The van der Waals surface area contributed by atoms with Gasteiger partial charge in [0.1, 0.15) is 29.4 Å². The highest BCUT2D eigenvalue weighted by Crippen LogP contribution is 2.28. The molecule has 0 bridgehead atoms. The van der Waals surface area contributed by atoms with Gasteiger partial charge in [-0.1, -0.05) is 18.2 Å². The molecule has 8 heteroatoms. The van der Waals surface area contributed by atoms with Gasteiger partial charge in [-0.25, -0.2) is 18.6 Å². The second-order valence-corrected chi connectivity index (χ2v) is 8.31. The minimum atomic E-state index is -1.33. The molecule has 0 fully saturated rings. The molecule has 0 saturated carbocycles. The van der Waals surface area contributed by atoms with Crippen molar-refractivity contribution in [3.05, 3.63) is 90.3 Å². The van der Waals surface area contributed by atoms with Gasteiger partial charge in [-0.15, -0.1) is 0 Å². The molecule has 180 valence electrons. The van der Waals surface area contributed by atoms with Crippen LogP contribution in [0.3, 0.4) is 0 Å². The summed E-state index contributed by atoms with van der Waals surface area (Å²) < 4.78 is 44.8. The number of aliphatic carboxylic acids is 1. The number of halogens is 2. The molecule has 0 spiro atoms. The van der Waals surface area contributed by atoms with Gasteiger partial charge in [-0.05, 0) is 67.9 Å². The van der Waals surface area contributed by atoms with Gasteiger partial charge in [0, 0.05) is 12.0 Å². The molecule has 35 heavy (non-hydrogen) atoms. The lowest BCUT2D eigenvalue weighted by molar-refractivity contribution is -0.152. The summed E-state index contributed by atoms with van der Waals surface area (Å²) in [6.45, 7) is 3.30. The molecule has 1 N–H and O–H groups in total. The minimum Gasteiger partial charge on any atom is -0.493 e. The number of carbonyl (C=O) groups is 1. The molecule has 4 rings (SSSR count). The quantitative estimate of drug-likeness (QED) is 0.310. The van der Waals surface area contributed by atoms with Crippen molar-refractivity contribution in [2.24, 2.45) is 0 Å². The summed E-state index contributed by atoms with van der Waals surface area (Å²) in [7, 11) is 0. The molecule has 3 aromatic carbocycles. The highest BCUT2D eigenvalue weighted by molar-refractivity contribution is 5.76. The summed E-state index contributed by atoms with van der Waals surface area (Å²) in [5, 5.41) is 9.14. The molecule has 0 aliphatic carbocycles. The molecular formula is C27H23F2NO5. The lowest BCUT2D eigenvalue weighted by Crippen LogP contribution is -2.37. The van der Waals surface area contributed by atoms with Crippen molar-refractivity contribution in [2.45, 2.75) is 25.9 Å². The monoisotopic (exact) mass is 479 g/mol. The SMILES string of the molecule is CC(C)(Oc1ccc(OCCc2coc(-c3ccc(-c4c(F)cccc4F)cc3)n2)cc1)C(=O)O. The summed E-state index contributed by atoms with van der Waals surface area (Å²) >= 11 is 0. The number of hydrogen-bond acceptors (Lipinski definition) is 5. The van der Waals surface area contributed by atoms with Crippen LogP contribution < -0.4 is 9.47 Å². The Balaban J connectivity index is 1.33. The normalized spacial score (nSPS) is 11.3. The lowest BCUT2D eigenvalue weighted by Gasteiger charge is -2.21. The van der Waals surface area contributed by atoms with E-state index in [1.54, 1.807) is 48.5 Å². The zero-order chi connectivity index (χ0) is 25.0. The number of oxazole rings is 1. The van der Waals surface area contributed by atoms with Crippen LogP contribution in [0.15, 0.2) is 77.4 Å². The predicted molar refractivity (Wildman–Crippen MR) is 125 cm³/mol. The lowest BCUT2D eigenvalue weighted by atomic mass is 10.0. The Morgan fingerprint density at radius 1 is 0.943 bits per heavy atom. The van der Waals surface area contributed by atoms with E-state index < -0.39 is 23.2 Å². The van der Waals surface area contributed by atoms with Gasteiger partial charge in [-0.3, -0.25) is 0 Å². The number of aromatic nitrogens is 1. The van der Waals surface area contributed by atoms with Crippen molar-refractivity contribution in [3.63, 3.8) is 0 Å². The molecule has 1 aromatic heterocycles. The molecule has 0 unspecified atom stereocenters. The first-order chi connectivity index (χ1) is 16.7. The molecule has 1 heterocycles. The van der Waals surface area contributed by atoms with Crippen LogP contribution in [0, 0.1) is 11.6 Å². The molecule has 0 aliphatic rings. The molecular weight excluding hydrogens is 456 g/mol. The first kappa shape index (κ1) is 23.9. The van der Waals surface area contributed by atoms with Crippen LogP contribution in [-0.2, 0) is 11.2 Å². The van der Waals surface area contributed by atoms with Crippen LogP contribution in [0.2, 0.25) is 0 Å². The number of nitrogens with zero attached hydrogens (tertiary/aromatic N) is 1. The average molecular weight is 479 g/mol. The van der Waals surface area contributed by atoms with Gasteiger partial charge >= 0.3 is 5.97 Å². The van der Waals surface area contributed by atoms with Crippen molar-refractivity contribution in [3.8, 4) is 34.1 Å². The third-order valence-electron chi connectivity index (χ3n) is 5.27. The number of ether oxygens (including phenoxy) is 2. The van der Waals surface area contributed by atoms with Gasteiger partial charge in [0.2, 0.25) is 5.89 Å². The second kappa shape index (κ2) is 9.97. The van der Waals surface area contributed by atoms with Crippen LogP contribution in [-0.4, -0.2) is 28.3 Å². The number of hydrogen-bond donors (Lipinski definition) is 1. The van der Waals surface area contributed by atoms with Crippen LogP contribution in [0.25, 0.3) is 22.6 Å². The fourth-order valence-corrected chi connectivity index (χ4v) is 3.32. The van der Waals surface area contributed by atoms with E-state index in [1.807, 2.05) is 0 Å². The fourth-order valence-electron chi connectivity index (χ4n) is 3.32. The Kier molecular flexibility index (Phi) is 6.82. The van der Waals surface area contributed by atoms with Crippen LogP contribution >= 0.6 is 0 Å². The molecule has 6 nitrogen and oxygen atoms in total. The topological polar surface area (TPSA) is 81.8 Å².